The Labute approximate surface area is 158 Å². The molecule has 1 aliphatic heterocycles. The second-order valence-electron chi connectivity index (χ2n) is 8.46. The predicted molar refractivity (Wildman–Crippen MR) is 108 cm³/mol. The molecule has 1 saturated heterocycles. The number of rotatable bonds is 5. The average molecular weight is 364 g/mol. The van der Waals surface area contributed by atoms with Crippen LogP contribution in [0, 0.1) is 25.2 Å². The minimum Gasteiger partial charge on any atom is -0.377 e. The molecule has 0 bridgehead atoms. The van der Waals surface area contributed by atoms with Crippen LogP contribution in [-0.2, 0) is 18.2 Å². The molecule has 2 heterocycles. The first kappa shape index (κ1) is 20.7. The SMILES string of the molecule is CN=C(NCCc1c(C)nn(C)c1C)NCC1CCCOC1C(C)(C)C. The highest BCUT2D eigenvalue weighted by Crippen LogP contribution is 2.33. The molecule has 6 nitrogen and oxygen atoms in total. The van der Waals surface area contributed by atoms with Crippen molar-refractivity contribution < 1.29 is 4.74 Å². The topological polar surface area (TPSA) is 63.5 Å². The zero-order chi connectivity index (χ0) is 19.3. The van der Waals surface area contributed by atoms with Crippen molar-refractivity contribution in [3.8, 4) is 0 Å². The lowest BCUT2D eigenvalue weighted by Crippen LogP contribution is -2.47. The van der Waals surface area contributed by atoms with Gasteiger partial charge in [0.2, 0.25) is 0 Å². The van der Waals surface area contributed by atoms with Crippen molar-refractivity contribution in [1.82, 2.24) is 20.4 Å². The van der Waals surface area contributed by atoms with E-state index < -0.39 is 0 Å². The fraction of sp³-hybridized carbons (Fsp3) is 0.800. The molecule has 1 fully saturated rings. The highest BCUT2D eigenvalue weighted by atomic mass is 16.5. The number of nitrogens with one attached hydrogen (secondary N) is 2. The lowest BCUT2D eigenvalue weighted by molar-refractivity contribution is -0.0835. The third-order valence-corrected chi connectivity index (χ3v) is 5.38. The van der Waals surface area contributed by atoms with Crippen molar-refractivity contribution in [2.75, 3.05) is 26.7 Å². The maximum absolute atomic E-state index is 6.08. The van der Waals surface area contributed by atoms with E-state index in [0.717, 1.165) is 44.2 Å². The largest absolute Gasteiger partial charge is 0.377 e. The van der Waals surface area contributed by atoms with E-state index >= 15 is 0 Å². The number of nitrogens with zero attached hydrogens (tertiary/aromatic N) is 3. The number of aliphatic imine (C=N–C) groups is 1. The second kappa shape index (κ2) is 8.89. The molecule has 0 aliphatic carbocycles. The molecular weight excluding hydrogens is 326 g/mol. The highest BCUT2D eigenvalue weighted by molar-refractivity contribution is 5.79. The van der Waals surface area contributed by atoms with Gasteiger partial charge in [0.15, 0.2) is 5.96 Å². The van der Waals surface area contributed by atoms with Crippen LogP contribution in [0.1, 0.15) is 50.6 Å². The first-order valence-electron chi connectivity index (χ1n) is 9.79. The Hall–Kier alpha value is -1.56. The van der Waals surface area contributed by atoms with Crippen LogP contribution < -0.4 is 10.6 Å². The minimum absolute atomic E-state index is 0.166. The van der Waals surface area contributed by atoms with E-state index in [4.69, 9.17) is 4.74 Å². The lowest BCUT2D eigenvalue weighted by Gasteiger charge is -2.40. The monoisotopic (exact) mass is 363 g/mol. The standard InChI is InChI=1S/C20H37N5O/c1-14-17(15(2)25(7)24-14)10-11-22-19(21-6)23-13-16-9-8-12-26-18(16)20(3,4)5/h16,18H,8-13H2,1-7H3,(H2,21,22,23). The molecular formula is C20H37N5O. The normalized spacial score (nSPS) is 21.7. The molecule has 2 atom stereocenters. The van der Waals surface area contributed by atoms with Gasteiger partial charge in [0.1, 0.15) is 0 Å². The number of guanidine groups is 1. The van der Waals surface area contributed by atoms with Crippen molar-refractivity contribution in [3.05, 3.63) is 17.0 Å². The molecule has 2 unspecified atom stereocenters. The van der Waals surface area contributed by atoms with Crippen molar-refractivity contribution in [3.63, 3.8) is 0 Å². The fourth-order valence-corrected chi connectivity index (χ4v) is 3.94. The van der Waals surface area contributed by atoms with Crippen LogP contribution in [0.5, 0.6) is 0 Å². The van der Waals surface area contributed by atoms with Gasteiger partial charge in [-0.25, -0.2) is 0 Å². The number of ether oxygens (including phenoxy) is 1. The molecule has 6 heteroatoms. The van der Waals surface area contributed by atoms with E-state index in [1.165, 1.54) is 17.7 Å². The van der Waals surface area contributed by atoms with Gasteiger partial charge in [-0.1, -0.05) is 20.8 Å². The Kier molecular flexibility index (Phi) is 7.09. The van der Waals surface area contributed by atoms with Gasteiger partial charge in [-0.2, -0.15) is 5.10 Å². The molecule has 0 saturated carbocycles. The molecule has 2 N–H and O–H groups in total. The van der Waals surface area contributed by atoms with E-state index in [2.05, 4.69) is 55.3 Å². The molecule has 1 aromatic rings. The van der Waals surface area contributed by atoms with E-state index in [-0.39, 0.29) is 5.41 Å². The minimum atomic E-state index is 0.166. The molecule has 0 amide bonds. The Bertz CT molecular complexity index is 614. The van der Waals surface area contributed by atoms with Crippen molar-refractivity contribution in [2.24, 2.45) is 23.4 Å². The zero-order valence-corrected chi connectivity index (χ0v) is 17.6. The summed E-state index contributed by atoms with van der Waals surface area (Å²) in [7, 11) is 3.83. The Morgan fingerprint density at radius 1 is 1.31 bits per heavy atom. The van der Waals surface area contributed by atoms with Gasteiger partial charge in [0.25, 0.3) is 0 Å². The fourth-order valence-electron chi connectivity index (χ4n) is 3.94. The third-order valence-electron chi connectivity index (χ3n) is 5.38. The summed E-state index contributed by atoms with van der Waals surface area (Å²) in [6.07, 6.45) is 3.59. The van der Waals surface area contributed by atoms with E-state index in [1.807, 2.05) is 18.8 Å². The summed E-state index contributed by atoms with van der Waals surface area (Å²) in [4.78, 5) is 4.37. The predicted octanol–water partition coefficient (Wildman–Crippen LogP) is 2.59. The summed E-state index contributed by atoms with van der Waals surface area (Å²) < 4.78 is 8.03. The summed E-state index contributed by atoms with van der Waals surface area (Å²) in [6.45, 7) is 13.6. The molecule has 148 valence electrons. The molecule has 26 heavy (non-hydrogen) atoms. The molecule has 0 aromatic carbocycles. The Balaban J connectivity index is 1.84. The Morgan fingerprint density at radius 3 is 2.62 bits per heavy atom. The first-order chi connectivity index (χ1) is 12.2. The van der Waals surface area contributed by atoms with Crippen molar-refractivity contribution in [2.45, 2.75) is 60.0 Å². The third kappa shape index (κ3) is 5.22. The molecule has 0 spiro atoms. The van der Waals surface area contributed by atoms with Gasteiger partial charge in [-0.05, 0) is 44.1 Å². The molecule has 1 aliphatic rings. The van der Waals surface area contributed by atoms with Gasteiger partial charge < -0.3 is 15.4 Å². The van der Waals surface area contributed by atoms with Crippen LogP contribution in [0.2, 0.25) is 0 Å². The quantitative estimate of drug-likeness (QED) is 0.623. The van der Waals surface area contributed by atoms with Crippen molar-refractivity contribution >= 4 is 5.96 Å². The number of aryl methyl sites for hydroxylation is 2. The lowest BCUT2D eigenvalue weighted by atomic mass is 9.78. The van der Waals surface area contributed by atoms with Crippen LogP contribution in [0.3, 0.4) is 0 Å². The number of hydrogen-bond donors (Lipinski definition) is 2. The molecule has 2 rings (SSSR count). The van der Waals surface area contributed by atoms with Gasteiger partial charge in [0.05, 0.1) is 11.8 Å². The smallest absolute Gasteiger partial charge is 0.190 e. The van der Waals surface area contributed by atoms with Crippen LogP contribution in [-0.4, -0.2) is 48.6 Å². The van der Waals surface area contributed by atoms with E-state index in [1.54, 1.807) is 0 Å². The van der Waals surface area contributed by atoms with Crippen LogP contribution in [0.4, 0.5) is 0 Å². The summed E-state index contributed by atoms with van der Waals surface area (Å²) in [6, 6.07) is 0. The molecule has 0 radical (unpaired) electrons. The van der Waals surface area contributed by atoms with Gasteiger partial charge in [-0.3, -0.25) is 9.67 Å². The maximum atomic E-state index is 6.08. The van der Waals surface area contributed by atoms with E-state index in [9.17, 15) is 0 Å². The molecule has 1 aromatic heterocycles. The van der Waals surface area contributed by atoms with Crippen LogP contribution in [0.25, 0.3) is 0 Å². The summed E-state index contributed by atoms with van der Waals surface area (Å²) in [5.74, 6) is 1.38. The summed E-state index contributed by atoms with van der Waals surface area (Å²) >= 11 is 0. The van der Waals surface area contributed by atoms with Gasteiger partial charge >= 0.3 is 0 Å². The summed E-state index contributed by atoms with van der Waals surface area (Å²) in [5.41, 5.74) is 3.84. The van der Waals surface area contributed by atoms with Crippen molar-refractivity contribution in [1.29, 1.82) is 0 Å². The van der Waals surface area contributed by atoms with Crippen LogP contribution >= 0.6 is 0 Å². The van der Waals surface area contributed by atoms with Gasteiger partial charge in [0, 0.05) is 45.4 Å². The van der Waals surface area contributed by atoms with Crippen LogP contribution in [0.15, 0.2) is 4.99 Å². The average Bonchev–Trinajstić information content (AvgIpc) is 2.83. The zero-order valence-electron chi connectivity index (χ0n) is 17.6. The first-order valence-corrected chi connectivity index (χ1v) is 9.79. The van der Waals surface area contributed by atoms with E-state index in [0.29, 0.717) is 12.0 Å². The van der Waals surface area contributed by atoms with Gasteiger partial charge in [-0.15, -0.1) is 0 Å². The number of aromatic nitrogens is 2. The maximum Gasteiger partial charge on any atom is 0.190 e. The highest BCUT2D eigenvalue weighted by Gasteiger charge is 2.35. The number of hydrogen-bond acceptors (Lipinski definition) is 3. The second-order valence-corrected chi connectivity index (χ2v) is 8.46. The Morgan fingerprint density at radius 2 is 2.04 bits per heavy atom. The summed E-state index contributed by atoms with van der Waals surface area (Å²) in [5, 5.41) is 11.4.